The molecule has 2 N–H and O–H groups in total. The van der Waals surface area contributed by atoms with Crippen LogP contribution in [0.5, 0.6) is 0 Å². The van der Waals surface area contributed by atoms with Crippen LogP contribution in [0.15, 0.2) is 48.5 Å². The summed E-state index contributed by atoms with van der Waals surface area (Å²) >= 11 is 0. The van der Waals surface area contributed by atoms with Crippen molar-refractivity contribution in [2.75, 3.05) is 5.32 Å². The van der Waals surface area contributed by atoms with Gasteiger partial charge in [0.2, 0.25) is 0 Å². The van der Waals surface area contributed by atoms with Crippen LogP contribution < -0.4 is 10.6 Å². The zero-order chi connectivity index (χ0) is 15.2. The molecule has 0 heterocycles. The molecule has 2 rings (SSSR count). The molecule has 0 bridgehead atoms. The van der Waals surface area contributed by atoms with Crippen molar-refractivity contribution in [2.24, 2.45) is 0 Å². The van der Waals surface area contributed by atoms with E-state index in [0.717, 1.165) is 11.3 Å². The summed E-state index contributed by atoms with van der Waals surface area (Å²) in [6.07, 6.45) is 0. The van der Waals surface area contributed by atoms with Gasteiger partial charge in [0.15, 0.2) is 0 Å². The average molecular weight is 286 g/mol. The molecule has 0 saturated carbocycles. The van der Waals surface area contributed by atoms with Crippen molar-refractivity contribution in [2.45, 2.75) is 26.4 Å². The van der Waals surface area contributed by atoms with E-state index in [9.17, 15) is 9.18 Å². The molecule has 21 heavy (non-hydrogen) atoms. The van der Waals surface area contributed by atoms with Crippen molar-refractivity contribution < 1.29 is 9.18 Å². The summed E-state index contributed by atoms with van der Waals surface area (Å²) in [5, 5.41) is 6.05. The molecule has 0 fully saturated rings. The first kappa shape index (κ1) is 15.0. The van der Waals surface area contributed by atoms with E-state index < -0.39 is 0 Å². The Labute approximate surface area is 124 Å². The number of hydrogen-bond acceptors (Lipinski definition) is 2. The monoisotopic (exact) mass is 286 g/mol. The SMILES string of the molecule is CC(C)Nc1ccccc1C(=O)NCc1cccc(F)c1. The normalized spacial score (nSPS) is 10.5. The maximum Gasteiger partial charge on any atom is 0.253 e. The van der Waals surface area contributed by atoms with E-state index in [1.54, 1.807) is 18.2 Å². The zero-order valence-electron chi connectivity index (χ0n) is 12.2. The summed E-state index contributed by atoms with van der Waals surface area (Å²) in [5.74, 6) is -0.480. The van der Waals surface area contributed by atoms with Gasteiger partial charge >= 0.3 is 0 Å². The maximum atomic E-state index is 13.1. The number of benzene rings is 2. The molecule has 110 valence electrons. The van der Waals surface area contributed by atoms with Crippen molar-refractivity contribution in [3.63, 3.8) is 0 Å². The van der Waals surface area contributed by atoms with Gasteiger partial charge in [-0.3, -0.25) is 4.79 Å². The summed E-state index contributed by atoms with van der Waals surface area (Å²) in [5.41, 5.74) is 2.12. The Morgan fingerprint density at radius 1 is 1.14 bits per heavy atom. The Morgan fingerprint density at radius 3 is 2.62 bits per heavy atom. The van der Waals surface area contributed by atoms with E-state index in [2.05, 4.69) is 10.6 Å². The molecular formula is C17H19FN2O. The minimum absolute atomic E-state index is 0.178. The lowest BCUT2D eigenvalue weighted by atomic mass is 10.1. The number of carbonyl (C=O) groups excluding carboxylic acids is 1. The van der Waals surface area contributed by atoms with E-state index in [1.165, 1.54) is 12.1 Å². The van der Waals surface area contributed by atoms with Crippen LogP contribution in [0.4, 0.5) is 10.1 Å². The first-order valence-electron chi connectivity index (χ1n) is 6.94. The van der Waals surface area contributed by atoms with Gasteiger partial charge in [-0.2, -0.15) is 0 Å². The Morgan fingerprint density at radius 2 is 1.90 bits per heavy atom. The van der Waals surface area contributed by atoms with Crippen LogP contribution in [0, 0.1) is 5.82 Å². The highest BCUT2D eigenvalue weighted by atomic mass is 19.1. The number of carbonyl (C=O) groups is 1. The third-order valence-corrected chi connectivity index (χ3v) is 2.96. The zero-order valence-corrected chi connectivity index (χ0v) is 12.2. The molecule has 0 aliphatic rings. The summed E-state index contributed by atoms with van der Waals surface area (Å²) in [4.78, 5) is 12.3. The molecule has 0 unspecified atom stereocenters. The molecule has 0 aliphatic heterocycles. The molecule has 2 aromatic carbocycles. The molecule has 2 aromatic rings. The van der Waals surface area contributed by atoms with Crippen molar-refractivity contribution >= 4 is 11.6 Å². The van der Waals surface area contributed by atoms with Crippen LogP contribution in [-0.2, 0) is 6.54 Å². The van der Waals surface area contributed by atoms with Crippen molar-refractivity contribution in [1.29, 1.82) is 0 Å². The maximum absolute atomic E-state index is 13.1. The molecular weight excluding hydrogens is 267 g/mol. The van der Waals surface area contributed by atoms with E-state index in [0.29, 0.717) is 12.1 Å². The lowest BCUT2D eigenvalue weighted by Gasteiger charge is -2.14. The van der Waals surface area contributed by atoms with Gasteiger partial charge in [-0.1, -0.05) is 24.3 Å². The van der Waals surface area contributed by atoms with Crippen LogP contribution in [0.2, 0.25) is 0 Å². The third kappa shape index (κ3) is 4.31. The predicted octanol–water partition coefficient (Wildman–Crippen LogP) is 3.58. The highest BCUT2D eigenvalue weighted by Gasteiger charge is 2.11. The molecule has 0 spiro atoms. The topological polar surface area (TPSA) is 41.1 Å². The minimum Gasteiger partial charge on any atom is -0.382 e. The van der Waals surface area contributed by atoms with Gasteiger partial charge in [0.05, 0.1) is 5.56 Å². The van der Waals surface area contributed by atoms with Gasteiger partial charge in [0.1, 0.15) is 5.82 Å². The van der Waals surface area contributed by atoms with Crippen LogP contribution >= 0.6 is 0 Å². The Hall–Kier alpha value is -2.36. The fraction of sp³-hybridized carbons (Fsp3) is 0.235. The Bertz CT molecular complexity index is 626. The molecule has 0 saturated heterocycles. The fourth-order valence-electron chi connectivity index (χ4n) is 2.04. The molecule has 0 aliphatic carbocycles. The largest absolute Gasteiger partial charge is 0.382 e. The lowest BCUT2D eigenvalue weighted by molar-refractivity contribution is 0.0951. The number of nitrogens with one attached hydrogen (secondary N) is 2. The average Bonchev–Trinajstić information content (AvgIpc) is 2.45. The summed E-state index contributed by atoms with van der Waals surface area (Å²) in [7, 11) is 0. The van der Waals surface area contributed by atoms with Crippen molar-refractivity contribution in [3.8, 4) is 0 Å². The van der Waals surface area contributed by atoms with Gasteiger partial charge in [0.25, 0.3) is 5.91 Å². The van der Waals surface area contributed by atoms with Gasteiger partial charge in [-0.05, 0) is 43.7 Å². The number of anilines is 1. The number of rotatable bonds is 5. The summed E-state index contributed by atoms with van der Waals surface area (Å²) in [6.45, 7) is 4.33. The van der Waals surface area contributed by atoms with Crippen LogP contribution in [-0.4, -0.2) is 11.9 Å². The van der Waals surface area contributed by atoms with E-state index in [-0.39, 0.29) is 17.8 Å². The highest BCUT2D eigenvalue weighted by Crippen LogP contribution is 2.16. The second-order valence-corrected chi connectivity index (χ2v) is 5.16. The van der Waals surface area contributed by atoms with Gasteiger partial charge in [-0.25, -0.2) is 4.39 Å². The van der Waals surface area contributed by atoms with Crippen LogP contribution in [0.3, 0.4) is 0 Å². The molecule has 3 nitrogen and oxygen atoms in total. The van der Waals surface area contributed by atoms with Crippen molar-refractivity contribution in [1.82, 2.24) is 5.32 Å². The standard InChI is InChI=1S/C17H19FN2O/c1-12(2)20-16-9-4-3-8-15(16)17(21)19-11-13-6-5-7-14(18)10-13/h3-10,12,20H,11H2,1-2H3,(H,19,21). The quantitative estimate of drug-likeness (QED) is 0.882. The van der Waals surface area contributed by atoms with E-state index >= 15 is 0 Å². The number of halogens is 1. The van der Waals surface area contributed by atoms with Crippen LogP contribution in [0.1, 0.15) is 29.8 Å². The van der Waals surface area contributed by atoms with Gasteiger partial charge in [0, 0.05) is 18.3 Å². The highest BCUT2D eigenvalue weighted by molar-refractivity contribution is 5.99. The summed E-state index contributed by atoms with van der Waals surface area (Å²) < 4.78 is 13.1. The third-order valence-electron chi connectivity index (χ3n) is 2.96. The molecule has 0 aromatic heterocycles. The molecule has 0 atom stereocenters. The van der Waals surface area contributed by atoms with Gasteiger partial charge in [-0.15, -0.1) is 0 Å². The van der Waals surface area contributed by atoms with Gasteiger partial charge < -0.3 is 10.6 Å². The smallest absolute Gasteiger partial charge is 0.253 e. The second kappa shape index (κ2) is 6.88. The van der Waals surface area contributed by atoms with E-state index in [4.69, 9.17) is 0 Å². The Balaban J connectivity index is 2.07. The fourth-order valence-corrected chi connectivity index (χ4v) is 2.04. The first-order valence-corrected chi connectivity index (χ1v) is 6.94. The lowest BCUT2D eigenvalue weighted by Crippen LogP contribution is -2.24. The number of para-hydroxylation sites is 1. The number of hydrogen-bond donors (Lipinski definition) is 2. The first-order chi connectivity index (χ1) is 10.1. The minimum atomic E-state index is -0.302. The summed E-state index contributed by atoms with van der Waals surface area (Å²) in [6, 6.07) is 13.8. The Kier molecular flexibility index (Phi) is 4.93. The molecule has 4 heteroatoms. The molecule has 0 radical (unpaired) electrons. The van der Waals surface area contributed by atoms with Crippen molar-refractivity contribution in [3.05, 3.63) is 65.5 Å². The van der Waals surface area contributed by atoms with E-state index in [1.807, 2.05) is 32.0 Å². The number of amides is 1. The predicted molar refractivity (Wildman–Crippen MR) is 82.8 cm³/mol. The second-order valence-electron chi connectivity index (χ2n) is 5.16. The molecule has 1 amide bonds. The van der Waals surface area contributed by atoms with Crippen LogP contribution in [0.25, 0.3) is 0 Å².